The van der Waals surface area contributed by atoms with E-state index >= 15 is 0 Å². The predicted octanol–water partition coefficient (Wildman–Crippen LogP) is 6.29. The number of rotatable bonds is 6. The number of hydrogen-bond acceptors (Lipinski definition) is 4. The van der Waals surface area contributed by atoms with Gasteiger partial charge in [0.15, 0.2) is 0 Å². The standard InChI is InChI=1S/C27H34ClN3O2/c1-33-22-14-15-23-24(17-22)31-27(30-23,19-10-7-11-20(28)16-19)25(18-8-5-6-9-18)26(32)29-21-12-3-2-4-13-21/h7,10-11,14-18,21,25,30-31H,2-6,8-9,12-13H2,1H3,(H,29,32). The van der Waals surface area contributed by atoms with Crippen LogP contribution < -0.4 is 20.7 Å². The summed E-state index contributed by atoms with van der Waals surface area (Å²) in [4.78, 5) is 14.1. The number of hydrogen-bond donors (Lipinski definition) is 3. The second kappa shape index (κ2) is 9.46. The Kier molecular flexibility index (Phi) is 6.42. The van der Waals surface area contributed by atoms with Gasteiger partial charge in [0.1, 0.15) is 11.4 Å². The van der Waals surface area contributed by atoms with Crippen molar-refractivity contribution in [3.8, 4) is 5.75 Å². The number of benzene rings is 2. The maximum atomic E-state index is 14.1. The largest absolute Gasteiger partial charge is 0.497 e. The number of amides is 1. The van der Waals surface area contributed by atoms with E-state index in [4.69, 9.17) is 16.3 Å². The summed E-state index contributed by atoms with van der Waals surface area (Å²) in [5.41, 5.74) is 2.14. The summed E-state index contributed by atoms with van der Waals surface area (Å²) in [6.07, 6.45) is 10.3. The lowest BCUT2D eigenvalue weighted by Gasteiger charge is -2.42. The van der Waals surface area contributed by atoms with Crippen LogP contribution in [0.25, 0.3) is 0 Å². The van der Waals surface area contributed by atoms with Crippen molar-refractivity contribution >= 4 is 28.9 Å². The second-order valence-electron chi connectivity index (χ2n) is 9.85. The molecule has 2 aromatic carbocycles. The van der Waals surface area contributed by atoms with Crippen molar-refractivity contribution in [2.24, 2.45) is 11.8 Å². The number of nitrogens with one attached hydrogen (secondary N) is 3. The van der Waals surface area contributed by atoms with Crippen molar-refractivity contribution < 1.29 is 9.53 Å². The van der Waals surface area contributed by atoms with Crippen LogP contribution in [0.15, 0.2) is 42.5 Å². The van der Waals surface area contributed by atoms with E-state index in [2.05, 4.69) is 22.0 Å². The summed E-state index contributed by atoms with van der Waals surface area (Å²) in [6, 6.07) is 14.2. The number of carbonyl (C=O) groups excluding carboxylic acids is 1. The van der Waals surface area contributed by atoms with Gasteiger partial charge in [0, 0.05) is 17.1 Å². The Morgan fingerprint density at radius 3 is 2.45 bits per heavy atom. The number of fused-ring (bicyclic) bond motifs is 1. The number of methoxy groups -OCH3 is 1. The van der Waals surface area contributed by atoms with E-state index in [9.17, 15) is 4.79 Å². The van der Waals surface area contributed by atoms with E-state index in [0.29, 0.717) is 10.9 Å². The van der Waals surface area contributed by atoms with Crippen LogP contribution in [0.5, 0.6) is 5.75 Å². The van der Waals surface area contributed by atoms with E-state index in [1.807, 2.05) is 36.4 Å². The monoisotopic (exact) mass is 467 g/mol. The first-order chi connectivity index (χ1) is 16.1. The maximum absolute atomic E-state index is 14.1. The maximum Gasteiger partial charge on any atom is 0.228 e. The smallest absolute Gasteiger partial charge is 0.228 e. The lowest BCUT2D eigenvalue weighted by Crippen LogP contribution is -2.56. The fourth-order valence-electron chi connectivity index (χ4n) is 6.12. The average Bonchev–Trinajstić information content (AvgIpc) is 3.48. The minimum atomic E-state index is -0.770. The molecule has 2 aliphatic carbocycles. The van der Waals surface area contributed by atoms with E-state index in [-0.39, 0.29) is 17.9 Å². The molecular weight excluding hydrogens is 434 g/mol. The molecule has 2 fully saturated rings. The van der Waals surface area contributed by atoms with Gasteiger partial charge in [-0.3, -0.25) is 4.79 Å². The number of carbonyl (C=O) groups is 1. The highest BCUT2D eigenvalue weighted by Gasteiger charge is 2.52. The zero-order valence-electron chi connectivity index (χ0n) is 19.3. The van der Waals surface area contributed by atoms with Crippen molar-refractivity contribution in [3.63, 3.8) is 0 Å². The molecule has 176 valence electrons. The third-order valence-corrected chi connectivity index (χ3v) is 7.98. The quantitative estimate of drug-likeness (QED) is 0.466. The van der Waals surface area contributed by atoms with Crippen LogP contribution in [0.4, 0.5) is 11.4 Å². The van der Waals surface area contributed by atoms with Crippen molar-refractivity contribution in [3.05, 3.63) is 53.1 Å². The van der Waals surface area contributed by atoms with Crippen LogP contribution in [0.3, 0.4) is 0 Å². The Balaban J connectivity index is 1.57. The molecule has 2 aromatic rings. The van der Waals surface area contributed by atoms with Gasteiger partial charge in [0.05, 0.1) is 24.4 Å². The fourth-order valence-corrected chi connectivity index (χ4v) is 6.32. The SMILES string of the molecule is COc1ccc2c(c1)NC(c1cccc(Cl)c1)(C(C(=O)NC1CCCCC1)C1CCCC1)N2. The zero-order chi connectivity index (χ0) is 22.8. The summed E-state index contributed by atoms with van der Waals surface area (Å²) < 4.78 is 5.47. The first-order valence-electron chi connectivity index (χ1n) is 12.4. The third kappa shape index (κ3) is 4.40. The molecule has 3 N–H and O–H groups in total. The number of ether oxygens (including phenoxy) is 1. The van der Waals surface area contributed by atoms with Crippen LogP contribution in [0.2, 0.25) is 5.02 Å². The van der Waals surface area contributed by atoms with Crippen molar-refractivity contribution in [2.75, 3.05) is 17.7 Å². The van der Waals surface area contributed by atoms with Gasteiger partial charge in [-0.2, -0.15) is 0 Å². The summed E-state index contributed by atoms with van der Waals surface area (Å²) in [7, 11) is 1.67. The minimum absolute atomic E-state index is 0.147. The van der Waals surface area contributed by atoms with Gasteiger partial charge in [-0.05, 0) is 61.4 Å². The molecule has 33 heavy (non-hydrogen) atoms. The van der Waals surface area contributed by atoms with Crippen LogP contribution in [0.1, 0.15) is 63.4 Å². The molecule has 0 saturated heterocycles. The van der Waals surface area contributed by atoms with Gasteiger partial charge in [-0.25, -0.2) is 0 Å². The first kappa shape index (κ1) is 22.4. The highest BCUT2D eigenvalue weighted by atomic mass is 35.5. The molecule has 3 aliphatic rings. The molecule has 1 aliphatic heterocycles. The lowest BCUT2D eigenvalue weighted by atomic mass is 9.75. The highest BCUT2D eigenvalue weighted by molar-refractivity contribution is 6.30. The third-order valence-electron chi connectivity index (χ3n) is 7.74. The van der Waals surface area contributed by atoms with Gasteiger partial charge in [0.25, 0.3) is 0 Å². The Morgan fingerprint density at radius 1 is 1.00 bits per heavy atom. The van der Waals surface area contributed by atoms with Gasteiger partial charge in [0.2, 0.25) is 5.91 Å². The zero-order valence-corrected chi connectivity index (χ0v) is 20.1. The van der Waals surface area contributed by atoms with Crippen LogP contribution in [-0.4, -0.2) is 19.1 Å². The number of anilines is 2. The van der Waals surface area contributed by atoms with E-state index in [1.54, 1.807) is 7.11 Å². The van der Waals surface area contributed by atoms with Crippen molar-refractivity contribution in [2.45, 2.75) is 69.5 Å². The molecule has 0 radical (unpaired) electrons. The molecule has 0 bridgehead atoms. The molecule has 1 heterocycles. The topological polar surface area (TPSA) is 62.4 Å². The van der Waals surface area contributed by atoms with E-state index < -0.39 is 5.66 Å². The summed E-state index contributed by atoms with van der Waals surface area (Å²) in [6.45, 7) is 0. The molecule has 5 rings (SSSR count). The minimum Gasteiger partial charge on any atom is -0.497 e. The predicted molar refractivity (Wildman–Crippen MR) is 134 cm³/mol. The normalized spacial score (nSPS) is 23.9. The summed E-state index contributed by atoms with van der Waals surface area (Å²) in [5, 5.41) is 11.6. The molecule has 2 unspecified atom stereocenters. The number of halogens is 1. The molecule has 1 amide bonds. The Hall–Kier alpha value is -2.40. The lowest BCUT2D eigenvalue weighted by molar-refractivity contribution is -0.129. The van der Waals surface area contributed by atoms with E-state index in [0.717, 1.165) is 48.4 Å². The molecule has 2 saturated carbocycles. The Bertz CT molecular complexity index is 1000. The van der Waals surface area contributed by atoms with Crippen LogP contribution >= 0.6 is 11.6 Å². The van der Waals surface area contributed by atoms with Crippen molar-refractivity contribution in [1.82, 2.24) is 5.32 Å². The Morgan fingerprint density at radius 2 is 1.73 bits per heavy atom. The second-order valence-corrected chi connectivity index (χ2v) is 10.3. The summed E-state index contributed by atoms with van der Waals surface area (Å²) in [5.74, 6) is 0.963. The molecule has 0 aromatic heterocycles. The highest BCUT2D eigenvalue weighted by Crippen LogP contribution is 2.50. The molecule has 5 nitrogen and oxygen atoms in total. The average molecular weight is 468 g/mol. The Labute approximate surface area is 201 Å². The molecule has 6 heteroatoms. The van der Waals surface area contributed by atoms with Gasteiger partial charge in [-0.1, -0.05) is 55.8 Å². The van der Waals surface area contributed by atoms with Gasteiger partial charge >= 0.3 is 0 Å². The first-order valence-corrected chi connectivity index (χ1v) is 12.8. The van der Waals surface area contributed by atoms with Crippen LogP contribution in [0, 0.1) is 11.8 Å². The molecule has 2 atom stereocenters. The van der Waals surface area contributed by atoms with E-state index in [1.165, 1.54) is 32.1 Å². The molecule has 0 spiro atoms. The van der Waals surface area contributed by atoms with Gasteiger partial charge < -0.3 is 20.7 Å². The van der Waals surface area contributed by atoms with Crippen LogP contribution in [-0.2, 0) is 10.5 Å². The fraction of sp³-hybridized carbons (Fsp3) is 0.519. The van der Waals surface area contributed by atoms with Gasteiger partial charge in [-0.15, -0.1) is 0 Å². The molecular formula is C27H34ClN3O2. The summed E-state index contributed by atoms with van der Waals surface area (Å²) >= 11 is 6.47. The van der Waals surface area contributed by atoms with Crippen molar-refractivity contribution in [1.29, 1.82) is 0 Å².